The Bertz CT molecular complexity index is 1130. The average molecular weight is 514 g/mol. The molecule has 0 bridgehead atoms. The minimum atomic E-state index is -0.410. The highest BCUT2D eigenvalue weighted by Crippen LogP contribution is 2.59. The van der Waals surface area contributed by atoms with E-state index in [1.165, 1.54) is 12.0 Å². The fourth-order valence-electron chi connectivity index (χ4n) is 7.04. The predicted molar refractivity (Wildman–Crippen MR) is 141 cm³/mol. The highest BCUT2D eigenvalue weighted by Gasteiger charge is 2.57. The topological polar surface area (TPSA) is 49.4 Å². The summed E-state index contributed by atoms with van der Waals surface area (Å²) >= 11 is 13.1. The van der Waals surface area contributed by atoms with Crippen molar-refractivity contribution in [3.05, 3.63) is 69.2 Å². The molecule has 0 aromatic heterocycles. The fourth-order valence-corrected chi connectivity index (χ4v) is 7.48. The van der Waals surface area contributed by atoms with Gasteiger partial charge < -0.3 is 10.2 Å². The number of carbonyl (C=O) groups excluding carboxylic acids is 2. The lowest BCUT2D eigenvalue weighted by atomic mass is 9.56. The molecule has 1 unspecified atom stereocenters. The Kier molecular flexibility index (Phi) is 6.65. The number of hydrogen-bond acceptors (Lipinski definition) is 2. The number of halogens is 2. The van der Waals surface area contributed by atoms with Gasteiger partial charge in [-0.25, -0.2) is 0 Å². The number of nitrogens with one attached hydrogen (secondary N) is 1. The van der Waals surface area contributed by atoms with Crippen molar-refractivity contribution in [2.75, 3.05) is 6.54 Å². The minimum absolute atomic E-state index is 0.0651. The molecule has 5 rings (SSSR count). The zero-order chi connectivity index (χ0) is 24.9. The van der Waals surface area contributed by atoms with Crippen LogP contribution in [-0.4, -0.2) is 35.3 Å². The van der Waals surface area contributed by atoms with E-state index in [4.69, 9.17) is 23.2 Å². The average Bonchev–Trinajstić information content (AvgIpc) is 3.07. The summed E-state index contributed by atoms with van der Waals surface area (Å²) in [5, 5.41) is 4.55. The van der Waals surface area contributed by atoms with Gasteiger partial charge in [-0.15, -0.1) is 0 Å². The number of carbonyl (C=O) groups is 2. The summed E-state index contributed by atoms with van der Waals surface area (Å²) in [5.41, 5.74) is 2.48. The monoisotopic (exact) mass is 512 g/mol. The first-order valence-corrected chi connectivity index (χ1v) is 13.6. The summed E-state index contributed by atoms with van der Waals surface area (Å²) in [6, 6.07) is 14.2. The highest BCUT2D eigenvalue weighted by molar-refractivity contribution is 6.32. The molecule has 4 nitrogen and oxygen atoms in total. The van der Waals surface area contributed by atoms with E-state index in [-0.39, 0.29) is 41.7 Å². The lowest BCUT2D eigenvalue weighted by Gasteiger charge is -2.46. The summed E-state index contributed by atoms with van der Waals surface area (Å²) in [6.07, 6.45) is 4.95. The van der Waals surface area contributed by atoms with Crippen LogP contribution in [-0.2, 0) is 4.79 Å². The maximum atomic E-state index is 13.2. The molecule has 2 aromatic carbocycles. The Hall–Kier alpha value is -2.04. The van der Waals surface area contributed by atoms with Crippen LogP contribution in [0.25, 0.3) is 0 Å². The van der Waals surface area contributed by atoms with E-state index in [1.807, 2.05) is 29.2 Å². The van der Waals surface area contributed by atoms with Crippen LogP contribution in [0.2, 0.25) is 10.0 Å². The Morgan fingerprint density at radius 3 is 2.49 bits per heavy atom. The van der Waals surface area contributed by atoms with Crippen molar-refractivity contribution in [3.63, 3.8) is 0 Å². The van der Waals surface area contributed by atoms with Crippen molar-refractivity contribution in [2.24, 2.45) is 11.3 Å². The SMILES string of the molecule is CC1CCCCN1C(=O)c1ccc([C@@H]2CC[C@@]3(C)C(=O)N[C@H](C)[C@H]3[C@H]2c2ccc(Cl)cc2)c(Cl)c1. The van der Waals surface area contributed by atoms with Gasteiger partial charge in [-0.3, -0.25) is 9.59 Å². The third kappa shape index (κ3) is 4.27. The number of likely N-dealkylation sites (tertiary alicyclic amines) is 1. The molecule has 1 saturated carbocycles. The zero-order valence-corrected chi connectivity index (χ0v) is 22.2. The van der Waals surface area contributed by atoms with Crippen molar-refractivity contribution in [1.82, 2.24) is 10.2 Å². The van der Waals surface area contributed by atoms with Gasteiger partial charge in [0.15, 0.2) is 0 Å². The largest absolute Gasteiger partial charge is 0.353 e. The normalized spacial score (nSPS) is 32.8. The van der Waals surface area contributed by atoms with Crippen LogP contribution in [0.3, 0.4) is 0 Å². The second-order valence-electron chi connectivity index (χ2n) is 11.0. The number of hydrogen-bond donors (Lipinski definition) is 1. The Morgan fingerprint density at radius 2 is 1.80 bits per heavy atom. The molecular formula is C29H34Cl2N2O2. The van der Waals surface area contributed by atoms with Gasteiger partial charge in [0.05, 0.1) is 5.41 Å². The first-order chi connectivity index (χ1) is 16.7. The molecule has 0 radical (unpaired) electrons. The molecule has 2 saturated heterocycles. The van der Waals surface area contributed by atoms with Crippen LogP contribution in [0, 0.1) is 11.3 Å². The number of amides is 2. The molecule has 2 amide bonds. The lowest BCUT2D eigenvalue weighted by Crippen LogP contribution is -2.42. The van der Waals surface area contributed by atoms with Crippen LogP contribution in [0.15, 0.2) is 42.5 Å². The summed E-state index contributed by atoms with van der Waals surface area (Å²) in [6.45, 7) is 7.15. The smallest absolute Gasteiger partial charge is 0.254 e. The van der Waals surface area contributed by atoms with Gasteiger partial charge in [-0.2, -0.15) is 0 Å². The van der Waals surface area contributed by atoms with Crippen LogP contribution >= 0.6 is 23.2 Å². The highest BCUT2D eigenvalue weighted by atomic mass is 35.5. The van der Waals surface area contributed by atoms with E-state index in [9.17, 15) is 9.59 Å². The van der Waals surface area contributed by atoms with E-state index in [2.05, 4.69) is 44.3 Å². The third-order valence-corrected chi connectivity index (χ3v) is 9.49. The van der Waals surface area contributed by atoms with Gasteiger partial charge in [0, 0.05) is 40.2 Å². The quantitative estimate of drug-likeness (QED) is 0.490. The van der Waals surface area contributed by atoms with Crippen LogP contribution in [0.1, 0.15) is 86.2 Å². The van der Waals surface area contributed by atoms with Gasteiger partial charge >= 0.3 is 0 Å². The molecular weight excluding hydrogens is 479 g/mol. The molecule has 1 N–H and O–H groups in total. The van der Waals surface area contributed by atoms with Gasteiger partial charge in [0.25, 0.3) is 5.91 Å². The Morgan fingerprint density at radius 1 is 1.06 bits per heavy atom. The fraction of sp³-hybridized carbons (Fsp3) is 0.517. The minimum Gasteiger partial charge on any atom is -0.353 e. The first-order valence-electron chi connectivity index (χ1n) is 12.9. The maximum absolute atomic E-state index is 13.2. The molecule has 186 valence electrons. The summed E-state index contributed by atoms with van der Waals surface area (Å²) in [5.74, 6) is 0.614. The second kappa shape index (κ2) is 9.44. The van der Waals surface area contributed by atoms with Crippen LogP contribution in [0.4, 0.5) is 0 Å². The van der Waals surface area contributed by atoms with E-state index >= 15 is 0 Å². The molecule has 0 spiro atoms. The molecule has 2 heterocycles. The van der Waals surface area contributed by atoms with Crippen molar-refractivity contribution >= 4 is 35.0 Å². The number of piperidine rings is 1. The summed E-state index contributed by atoms with van der Waals surface area (Å²) in [7, 11) is 0. The van der Waals surface area contributed by atoms with Crippen LogP contribution < -0.4 is 5.32 Å². The van der Waals surface area contributed by atoms with Crippen molar-refractivity contribution in [1.29, 1.82) is 0 Å². The van der Waals surface area contributed by atoms with E-state index in [0.717, 1.165) is 37.8 Å². The molecule has 1 aliphatic carbocycles. The first kappa shape index (κ1) is 24.6. The Labute approximate surface area is 218 Å². The van der Waals surface area contributed by atoms with Gasteiger partial charge in [-0.05, 0) is 93.2 Å². The van der Waals surface area contributed by atoms with Gasteiger partial charge in [0.1, 0.15) is 0 Å². The zero-order valence-electron chi connectivity index (χ0n) is 20.7. The number of nitrogens with zero attached hydrogens (tertiary/aromatic N) is 1. The summed E-state index contributed by atoms with van der Waals surface area (Å²) in [4.78, 5) is 28.2. The molecule has 2 aromatic rings. The van der Waals surface area contributed by atoms with Crippen LogP contribution in [0.5, 0.6) is 0 Å². The maximum Gasteiger partial charge on any atom is 0.254 e. The second-order valence-corrected chi connectivity index (χ2v) is 11.9. The molecule has 3 aliphatic rings. The number of benzene rings is 2. The third-order valence-electron chi connectivity index (χ3n) is 8.91. The molecule has 2 aliphatic heterocycles. The lowest BCUT2D eigenvalue weighted by molar-refractivity contribution is -0.129. The standard InChI is InChI=1S/C29H34Cl2N2O2/c1-17-6-4-5-15-33(17)27(34)20-9-12-22(24(31)16-20)23-13-14-29(3)26(18(2)32-28(29)35)25(23)19-7-10-21(30)11-8-19/h7-12,16-18,23,25-26H,4-6,13-15H2,1-3H3,(H,32,35)/t17?,18-,23+,25+,26+,29-/m1/s1. The molecule has 3 fully saturated rings. The predicted octanol–water partition coefficient (Wildman–Crippen LogP) is 6.81. The van der Waals surface area contributed by atoms with Crippen molar-refractivity contribution < 1.29 is 9.59 Å². The van der Waals surface area contributed by atoms with E-state index in [1.54, 1.807) is 0 Å². The van der Waals surface area contributed by atoms with Gasteiger partial charge in [-0.1, -0.05) is 48.3 Å². The molecule has 6 heteroatoms. The van der Waals surface area contributed by atoms with Crippen molar-refractivity contribution in [3.8, 4) is 0 Å². The van der Waals surface area contributed by atoms with Crippen molar-refractivity contribution in [2.45, 2.75) is 76.8 Å². The Balaban J connectivity index is 1.52. The summed E-state index contributed by atoms with van der Waals surface area (Å²) < 4.78 is 0. The molecule has 35 heavy (non-hydrogen) atoms. The van der Waals surface area contributed by atoms with E-state index in [0.29, 0.717) is 15.6 Å². The van der Waals surface area contributed by atoms with E-state index < -0.39 is 5.41 Å². The number of fused-ring (bicyclic) bond motifs is 1. The number of rotatable bonds is 3. The van der Waals surface area contributed by atoms with Gasteiger partial charge in [0.2, 0.25) is 5.91 Å². The molecule has 6 atom stereocenters.